The number of hydrogen-bond acceptors (Lipinski definition) is 3. The molecule has 1 aromatic carbocycles. The van der Waals surface area contributed by atoms with Crippen LogP contribution in [0.4, 0.5) is 0 Å². The fraction of sp³-hybridized carbons (Fsp3) is 0.412. The number of furan rings is 1. The molecule has 0 saturated heterocycles. The van der Waals surface area contributed by atoms with Crippen LogP contribution in [-0.4, -0.2) is 17.5 Å². The molecule has 0 aliphatic carbocycles. The highest BCUT2D eigenvalue weighted by atomic mass is 16.5. The minimum absolute atomic E-state index is 0.194. The van der Waals surface area contributed by atoms with Gasteiger partial charge in [-0.25, -0.2) is 0 Å². The van der Waals surface area contributed by atoms with Crippen molar-refractivity contribution in [2.45, 2.75) is 39.5 Å². The monoisotopic (exact) mass is 271 g/mol. The van der Waals surface area contributed by atoms with Gasteiger partial charge in [0, 0.05) is 25.1 Å². The summed E-state index contributed by atoms with van der Waals surface area (Å²) in [5.74, 6) is 3.10. The zero-order chi connectivity index (χ0) is 13.9. The zero-order valence-corrected chi connectivity index (χ0v) is 12.1. The average molecular weight is 271 g/mol. The van der Waals surface area contributed by atoms with Crippen molar-refractivity contribution in [1.29, 1.82) is 0 Å². The molecule has 0 saturated carbocycles. The Morgan fingerprint density at radius 3 is 2.75 bits per heavy atom. The van der Waals surface area contributed by atoms with E-state index in [0.29, 0.717) is 0 Å². The van der Waals surface area contributed by atoms with Gasteiger partial charge in [0.1, 0.15) is 23.4 Å². The van der Waals surface area contributed by atoms with E-state index in [1.54, 1.807) is 0 Å². The minimum Gasteiger partial charge on any atom is -0.489 e. The number of nitrogens with zero attached hydrogens (tertiary/aromatic N) is 1. The van der Waals surface area contributed by atoms with Crippen LogP contribution in [0.15, 0.2) is 40.8 Å². The molecule has 3 nitrogen and oxygen atoms in total. The summed E-state index contributed by atoms with van der Waals surface area (Å²) in [4.78, 5) is 2.38. The fourth-order valence-corrected chi connectivity index (χ4v) is 2.71. The van der Waals surface area contributed by atoms with Crippen LogP contribution in [0, 0.1) is 0 Å². The van der Waals surface area contributed by atoms with Crippen LogP contribution in [-0.2, 0) is 19.5 Å². The van der Waals surface area contributed by atoms with E-state index in [-0.39, 0.29) is 6.10 Å². The zero-order valence-electron chi connectivity index (χ0n) is 12.1. The Balaban J connectivity index is 1.76. The first-order valence-corrected chi connectivity index (χ1v) is 7.29. The van der Waals surface area contributed by atoms with Crippen LogP contribution < -0.4 is 4.74 Å². The van der Waals surface area contributed by atoms with Gasteiger partial charge in [-0.15, -0.1) is 0 Å². The lowest BCUT2D eigenvalue weighted by molar-refractivity contribution is 0.149. The van der Waals surface area contributed by atoms with E-state index in [1.807, 2.05) is 6.07 Å². The predicted octanol–water partition coefficient (Wildman–Crippen LogP) is 3.63. The molecule has 2 heterocycles. The van der Waals surface area contributed by atoms with Crippen molar-refractivity contribution >= 4 is 0 Å². The van der Waals surface area contributed by atoms with Gasteiger partial charge in [-0.3, -0.25) is 4.90 Å². The lowest BCUT2D eigenvalue weighted by atomic mass is 10.2. The second kappa shape index (κ2) is 5.71. The maximum absolute atomic E-state index is 5.98. The second-order valence-electron chi connectivity index (χ2n) is 5.43. The first-order valence-electron chi connectivity index (χ1n) is 7.29. The van der Waals surface area contributed by atoms with Crippen molar-refractivity contribution in [3.05, 3.63) is 53.5 Å². The van der Waals surface area contributed by atoms with Gasteiger partial charge in [0.2, 0.25) is 0 Å². The number of para-hydroxylation sites is 1. The number of benzene rings is 1. The van der Waals surface area contributed by atoms with Crippen molar-refractivity contribution in [2.24, 2.45) is 0 Å². The Morgan fingerprint density at radius 2 is 1.95 bits per heavy atom. The van der Waals surface area contributed by atoms with Crippen LogP contribution in [0.25, 0.3) is 0 Å². The van der Waals surface area contributed by atoms with Gasteiger partial charge in [0.15, 0.2) is 0 Å². The molecule has 0 bridgehead atoms. The third kappa shape index (κ3) is 2.88. The van der Waals surface area contributed by atoms with Crippen LogP contribution in [0.5, 0.6) is 5.75 Å². The maximum Gasteiger partial charge on any atom is 0.124 e. The molecule has 3 rings (SSSR count). The highest BCUT2D eigenvalue weighted by Crippen LogP contribution is 2.25. The summed E-state index contributed by atoms with van der Waals surface area (Å²) in [6, 6.07) is 12.4. The predicted molar refractivity (Wildman–Crippen MR) is 78.7 cm³/mol. The van der Waals surface area contributed by atoms with Crippen molar-refractivity contribution in [3.63, 3.8) is 0 Å². The molecular weight excluding hydrogens is 250 g/mol. The Morgan fingerprint density at radius 1 is 1.15 bits per heavy atom. The molecule has 1 aliphatic heterocycles. The molecule has 0 radical (unpaired) electrons. The molecule has 106 valence electrons. The number of fused-ring (bicyclic) bond motifs is 1. The molecule has 20 heavy (non-hydrogen) atoms. The molecule has 1 aliphatic rings. The normalized spacial score (nSPS) is 19.2. The summed E-state index contributed by atoms with van der Waals surface area (Å²) in [5.41, 5.74) is 1.25. The molecule has 1 atom stereocenters. The Bertz CT molecular complexity index is 576. The topological polar surface area (TPSA) is 25.6 Å². The molecule has 0 fully saturated rings. The highest BCUT2D eigenvalue weighted by Gasteiger charge is 2.20. The Hall–Kier alpha value is -1.74. The molecular formula is C17H21NO2. The molecule has 2 aromatic rings. The second-order valence-corrected chi connectivity index (χ2v) is 5.43. The SMILES string of the molecule is CCc1ccc(CN2Cc3ccccc3OC(C)C2)o1. The van der Waals surface area contributed by atoms with Gasteiger partial charge in [-0.1, -0.05) is 25.1 Å². The van der Waals surface area contributed by atoms with Crippen LogP contribution in [0.3, 0.4) is 0 Å². The summed E-state index contributed by atoms with van der Waals surface area (Å²) >= 11 is 0. The van der Waals surface area contributed by atoms with E-state index in [9.17, 15) is 0 Å². The van der Waals surface area contributed by atoms with E-state index < -0.39 is 0 Å². The molecule has 1 aromatic heterocycles. The summed E-state index contributed by atoms with van der Waals surface area (Å²) in [6.07, 6.45) is 1.14. The number of rotatable bonds is 3. The number of ether oxygens (including phenoxy) is 1. The largest absolute Gasteiger partial charge is 0.489 e. The molecule has 0 N–H and O–H groups in total. The summed E-state index contributed by atoms with van der Waals surface area (Å²) < 4.78 is 11.8. The number of aryl methyl sites for hydroxylation is 1. The Kier molecular flexibility index (Phi) is 3.79. The van der Waals surface area contributed by atoms with Gasteiger partial charge in [0.25, 0.3) is 0 Å². The minimum atomic E-state index is 0.194. The Labute approximate surface area is 120 Å². The molecule has 3 heteroatoms. The standard InChI is InChI=1S/C17H21NO2/c1-3-15-8-9-16(20-15)12-18-10-13(2)19-17-7-5-4-6-14(17)11-18/h4-9,13H,3,10-12H2,1-2H3. The molecule has 1 unspecified atom stereocenters. The van der Waals surface area contributed by atoms with Crippen molar-refractivity contribution in [2.75, 3.05) is 6.54 Å². The van der Waals surface area contributed by atoms with Gasteiger partial charge in [0.05, 0.1) is 6.54 Å². The summed E-state index contributed by atoms with van der Waals surface area (Å²) in [6.45, 7) is 6.89. The van der Waals surface area contributed by atoms with E-state index >= 15 is 0 Å². The van der Waals surface area contributed by atoms with Crippen LogP contribution in [0.2, 0.25) is 0 Å². The molecule has 0 spiro atoms. The highest BCUT2D eigenvalue weighted by molar-refractivity contribution is 5.34. The van der Waals surface area contributed by atoms with Gasteiger partial charge in [-0.05, 0) is 25.1 Å². The third-order valence-corrected chi connectivity index (χ3v) is 3.66. The lowest BCUT2D eigenvalue weighted by Gasteiger charge is -2.20. The van der Waals surface area contributed by atoms with Crippen molar-refractivity contribution < 1.29 is 9.15 Å². The quantitative estimate of drug-likeness (QED) is 0.852. The average Bonchev–Trinajstić information content (AvgIpc) is 2.81. The lowest BCUT2D eigenvalue weighted by Crippen LogP contribution is -2.30. The fourth-order valence-electron chi connectivity index (χ4n) is 2.71. The van der Waals surface area contributed by atoms with E-state index in [4.69, 9.17) is 9.15 Å². The van der Waals surface area contributed by atoms with Crippen LogP contribution >= 0.6 is 0 Å². The number of hydrogen-bond donors (Lipinski definition) is 0. The summed E-state index contributed by atoms with van der Waals surface area (Å²) in [7, 11) is 0. The van der Waals surface area contributed by atoms with E-state index in [0.717, 1.165) is 43.3 Å². The summed E-state index contributed by atoms with van der Waals surface area (Å²) in [5, 5.41) is 0. The first-order chi connectivity index (χ1) is 9.74. The van der Waals surface area contributed by atoms with Crippen LogP contribution in [0.1, 0.15) is 30.9 Å². The smallest absolute Gasteiger partial charge is 0.124 e. The van der Waals surface area contributed by atoms with Crippen molar-refractivity contribution in [3.8, 4) is 5.75 Å². The third-order valence-electron chi connectivity index (χ3n) is 3.66. The van der Waals surface area contributed by atoms with E-state index in [1.165, 1.54) is 5.56 Å². The maximum atomic E-state index is 5.98. The van der Waals surface area contributed by atoms with E-state index in [2.05, 4.69) is 49.1 Å². The van der Waals surface area contributed by atoms with Crippen molar-refractivity contribution in [1.82, 2.24) is 4.90 Å². The first kappa shape index (κ1) is 13.3. The van der Waals surface area contributed by atoms with Gasteiger partial charge < -0.3 is 9.15 Å². The molecule has 0 amide bonds. The van der Waals surface area contributed by atoms with Gasteiger partial charge >= 0.3 is 0 Å². The van der Waals surface area contributed by atoms with Gasteiger partial charge in [-0.2, -0.15) is 0 Å².